The second-order valence-electron chi connectivity index (χ2n) is 8.38. The molecule has 1 fully saturated rings. The van der Waals surface area contributed by atoms with E-state index in [4.69, 9.17) is 9.90 Å². The fourth-order valence-corrected chi connectivity index (χ4v) is 4.67. The van der Waals surface area contributed by atoms with Gasteiger partial charge in [-0.3, -0.25) is 4.72 Å². The topological polar surface area (TPSA) is 124 Å². The van der Waals surface area contributed by atoms with Crippen LogP contribution in [-0.4, -0.2) is 49.8 Å². The molecule has 192 valence electrons. The van der Waals surface area contributed by atoms with E-state index in [0.717, 1.165) is 37.1 Å². The smallest absolute Gasteiger partial charge is 0.478 e. The molecule has 0 saturated carbocycles. The average molecular weight is 517 g/mol. The Bertz CT molecular complexity index is 1200. The van der Waals surface area contributed by atoms with E-state index in [1.807, 2.05) is 13.8 Å². The van der Waals surface area contributed by atoms with Crippen molar-refractivity contribution < 1.29 is 41.4 Å². The van der Waals surface area contributed by atoms with Crippen LogP contribution in [0.5, 0.6) is 0 Å². The highest BCUT2D eigenvalue weighted by Crippen LogP contribution is 2.33. The number of carboxylic acids is 2. The molecular weight excluding hydrogens is 489 g/mol. The number of anilines is 2. The quantitative estimate of drug-likeness (QED) is 0.528. The minimum atomic E-state index is -5.08. The maximum Gasteiger partial charge on any atom is 0.490 e. The highest BCUT2D eigenvalue weighted by Gasteiger charge is 2.38. The second-order valence-corrected chi connectivity index (χ2v) is 10.1. The van der Waals surface area contributed by atoms with Gasteiger partial charge in [0.2, 0.25) is 0 Å². The number of alkyl halides is 3. The molecule has 0 amide bonds. The molecule has 12 heteroatoms. The first kappa shape index (κ1) is 28.0. The SMILES string of the molecule is Cc1ccc(S(=O)(=O)Nc2cc(C(=O)O)ccc2N2CCCC(C)C2)cc1C.O=C(O)C(F)(F)F. The van der Waals surface area contributed by atoms with E-state index in [2.05, 4.69) is 16.5 Å². The van der Waals surface area contributed by atoms with E-state index in [1.165, 1.54) is 12.1 Å². The number of piperidine rings is 1. The molecule has 1 aliphatic rings. The summed E-state index contributed by atoms with van der Waals surface area (Å²) in [4.78, 5) is 22.6. The third-order valence-corrected chi connectivity index (χ3v) is 6.88. The maximum atomic E-state index is 13.0. The Labute approximate surface area is 201 Å². The van der Waals surface area contributed by atoms with Crippen LogP contribution in [0.1, 0.15) is 41.3 Å². The number of benzene rings is 2. The molecule has 0 spiro atoms. The van der Waals surface area contributed by atoms with Gasteiger partial charge in [0.15, 0.2) is 0 Å². The largest absolute Gasteiger partial charge is 0.490 e. The lowest BCUT2D eigenvalue weighted by atomic mass is 9.99. The normalized spacial score (nSPS) is 16.2. The average Bonchev–Trinajstić information content (AvgIpc) is 2.75. The van der Waals surface area contributed by atoms with Gasteiger partial charge in [0, 0.05) is 13.1 Å². The summed E-state index contributed by atoms with van der Waals surface area (Å²) < 4.78 is 60.3. The lowest BCUT2D eigenvalue weighted by Crippen LogP contribution is -2.35. The Morgan fingerprint density at radius 2 is 1.69 bits per heavy atom. The first-order chi connectivity index (χ1) is 16.1. The molecule has 1 saturated heterocycles. The van der Waals surface area contributed by atoms with E-state index in [-0.39, 0.29) is 10.5 Å². The van der Waals surface area contributed by atoms with Gasteiger partial charge in [-0.15, -0.1) is 0 Å². The number of aromatic carboxylic acids is 1. The number of sulfonamides is 1. The van der Waals surface area contributed by atoms with E-state index in [9.17, 15) is 31.5 Å². The van der Waals surface area contributed by atoms with Crippen molar-refractivity contribution in [1.82, 2.24) is 0 Å². The van der Waals surface area contributed by atoms with Crippen molar-refractivity contribution in [1.29, 1.82) is 0 Å². The summed E-state index contributed by atoms with van der Waals surface area (Å²) >= 11 is 0. The lowest BCUT2D eigenvalue weighted by molar-refractivity contribution is -0.192. The number of halogens is 3. The van der Waals surface area contributed by atoms with Crippen molar-refractivity contribution in [3.8, 4) is 0 Å². The molecule has 0 aromatic heterocycles. The van der Waals surface area contributed by atoms with Gasteiger partial charge in [-0.2, -0.15) is 13.2 Å². The second kappa shape index (κ2) is 11.0. The van der Waals surface area contributed by atoms with Gasteiger partial charge < -0.3 is 15.1 Å². The third kappa shape index (κ3) is 7.61. The fourth-order valence-electron chi connectivity index (χ4n) is 3.52. The van der Waals surface area contributed by atoms with Crippen LogP contribution >= 0.6 is 0 Å². The van der Waals surface area contributed by atoms with Crippen molar-refractivity contribution >= 4 is 33.3 Å². The summed E-state index contributed by atoms with van der Waals surface area (Å²) in [5.41, 5.74) is 2.95. The molecule has 3 rings (SSSR count). The molecular formula is C23H27F3N2O6S. The first-order valence-electron chi connectivity index (χ1n) is 10.6. The van der Waals surface area contributed by atoms with Crippen molar-refractivity contribution in [3.63, 3.8) is 0 Å². The van der Waals surface area contributed by atoms with Crippen molar-refractivity contribution in [2.45, 2.75) is 44.7 Å². The van der Waals surface area contributed by atoms with Crippen LogP contribution in [-0.2, 0) is 14.8 Å². The maximum absolute atomic E-state index is 13.0. The minimum absolute atomic E-state index is 0.0478. The van der Waals surface area contributed by atoms with Gasteiger partial charge >= 0.3 is 18.1 Å². The molecule has 0 bridgehead atoms. The van der Waals surface area contributed by atoms with Crippen LogP contribution < -0.4 is 9.62 Å². The summed E-state index contributed by atoms with van der Waals surface area (Å²) in [5, 5.41) is 16.5. The molecule has 1 atom stereocenters. The summed E-state index contributed by atoms with van der Waals surface area (Å²) in [6.07, 6.45) is -2.93. The summed E-state index contributed by atoms with van der Waals surface area (Å²) in [7, 11) is -3.84. The van der Waals surface area contributed by atoms with Crippen molar-refractivity contribution in [3.05, 3.63) is 53.1 Å². The van der Waals surface area contributed by atoms with Gasteiger partial charge in [0.05, 0.1) is 21.8 Å². The molecule has 1 heterocycles. The highest BCUT2D eigenvalue weighted by molar-refractivity contribution is 7.92. The van der Waals surface area contributed by atoms with Crippen molar-refractivity contribution in [2.75, 3.05) is 22.7 Å². The Balaban J connectivity index is 0.000000540. The summed E-state index contributed by atoms with van der Waals surface area (Å²) in [5.74, 6) is -3.35. The van der Waals surface area contributed by atoms with Crippen LogP contribution in [0.15, 0.2) is 41.3 Å². The van der Waals surface area contributed by atoms with Crippen LogP contribution in [0.2, 0.25) is 0 Å². The van der Waals surface area contributed by atoms with Crippen LogP contribution in [0.3, 0.4) is 0 Å². The minimum Gasteiger partial charge on any atom is -0.478 e. The molecule has 8 nitrogen and oxygen atoms in total. The molecule has 0 aliphatic carbocycles. The summed E-state index contributed by atoms with van der Waals surface area (Å²) in [6.45, 7) is 7.57. The van der Waals surface area contributed by atoms with Gasteiger partial charge in [-0.05, 0) is 74.1 Å². The standard InChI is InChI=1S/C21H26N2O4S.C2HF3O2/c1-14-5-4-10-23(13-14)20-9-7-17(21(24)25)12-19(20)22-28(26,27)18-8-6-15(2)16(3)11-18;3-2(4,5)1(6)7/h6-9,11-12,14,22H,4-5,10,13H2,1-3H3,(H,24,25);(H,6,7). The molecule has 2 aromatic rings. The number of nitrogens with zero attached hydrogens (tertiary/aromatic N) is 1. The zero-order valence-corrected chi connectivity index (χ0v) is 20.2. The molecule has 3 N–H and O–H groups in total. The number of aliphatic carboxylic acids is 1. The number of nitrogens with one attached hydrogen (secondary N) is 1. The van der Waals surface area contributed by atoms with Gasteiger partial charge in [-0.25, -0.2) is 18.0 Å². The van der Waals surface area contributed by atoms with E-state index < -0.39 is 28.1 Å². The highest BCUT2D eigenvalue weighted by atomic mass is 32.2. The molecule has 1 aliphatic heterocycles. The van der Waals surface area contributed by atoms with E-state index >= 15 is 0 Å². The fraction of sp³-hybridized carbons (Fsp3) is 0.391. The Morgan fingerprint density at radius 1 is 1.06 bits per heavy atom. The van der Waals surface area contributed by atoms with Gasteiger partial charge in [-0.1, -0.05) is 13.0 Å². The lowest BCUT2D eigenvalue weighted by Gasteiger charge is -2.34. The number of carboxylic acid groups (broad SMARTS) is 2. The van der Waals surface area contributed by atoms with Crippen LogP contribution in [0, 0.1) is 19.8 Å². The Morgan fingerprint density at radius 3 is 2.20 bits per heavy atom. The molecule has 1 unspecified atom stereocenters. The number of rotatable bonds is 5. The van der Waals surface area contributed by atoms with E-state index in [1.54, 1.807) is 24.3 Å². The Hall–Kier alpha value is -3.28. The predicted octanol–water partition coefficient (Wildman–Crippen LogP) is 4.67. The van der Waals surface area contributed by atoms with Crippen LogP contribution in [0.25, 0.3) is 0 Å². The number of aryl methyl sites for hydroxylation is 2. The van der Waals surface area contributed by atoms with Gasteiger partial charge in [0.1, 0.15) is 0 Å². The number of hydrogen-bond acceptors (Lipinski definition) is 5. The molecule has 2 aromatic carbocycles. The predicted molar refractivity (Wildman–Crippen MR) is 124 cm³/mol. The number of carbonyl (C=O) groups is 2. The van der Waals surface area contributed by atoms with Crippen molar-refractivity contribution in [2.24, 2.45) is 5.92 Å². The van der Waals surface area contributed by atoms with E-state index in [0.29, 0.717) is 17.3 Å². The Kier molecular flexibility index (Phi) is 8.77. The molecule has 0 radical (unpaired) electrons. The first-order valence-corrected chi connectivity index (χ1v) is 12.1. The number of hydrogen-bond donors (Lipinski definition) is 3. The third-order valence-electron chi connectivity index (χ3n) is 5.52. The summed E-state index contributed by atoms with van der Waals surface area (Å²) in [6, 6.07) is 9.57. The van der Waals surface area contributed by atoms with Gasteiger partial charge in [0.25, 0.3) is 10.0 Å². The van der Waals surface area contributed by atoms with Crippen LogP contribution in [0.4, 0.5) is 24.5 Å². The zero-order valence-electron chi connectivity index (χ0n) is 19.4. The molecule has 35 heavy (non-hydrogen) atoms. The zero-order chi connectivity index (χ0) is 26.6. The monoisotopic (exact) mass is 516 g/mol.